The van der Waals surface area contributed by atoms with Gasteiger partial charge in [0.05, 0.1) is 5.92 Å². The maximum atomic E-state index is 11.0. The summed E-state index contributed by atoms with van der Waals surface area (Å²) in [5.41, 5.74) is 0. The number of aliphatic carboxylic acids is 1. The number of nitrogens with zero attached hydrogens (tertiary/aromatic N) is 1. The van der Waals surface area contributed by atoms with Crippen LogP contribution in [0.3, 0.4) is 0 Å². The fourth-order valence-corrected chi connectivity index (χ4v) is 1.07. The number of hydrogen-bond donors (Lipinski definition) is 2. The Balaban J connectivity index is 2.55. The molecular formula is C8H11NO4. The summed E-state index contributed by atoms with van der Waals surface area (Å²) in [6, 6.07) is 0. The summed E-state index contributed by atoms with van der Waals surface area (Å²) in [7, 11) is 0. The first kappa shape index (κ1) is 9.73. The van der Waals surface area contributed by atoms with Crippen LogP contribution >= 0.6 is 0 Å². The van der Waals surface area contributed by atoms with Crippen LogP contribution in [0.25, 0.3) is 0 Å². The predicted octanol–water partition coefficient (Wildman–Crippen LogP) is -0.576. The fourth-order valence-electron chi connectivity index (χ4n) is 1.07. The Morgan fingerprint density at radius 3 is 2.77 bits per heavy atom. The van der Waals surface area contributed by atoms with Gasteiger partial charge in [-0.15, -0.1) is 0 Å². The molecule has 0 bridgehead atoms. The van der Waals surface area contributed by atoms with Crippen LogP contribution in [0, 0.1) is 5.92 Å². The van der Waals surface area contributed by atoms with E-state index in [-0.39, 0.29) is 12.5 Å². The van der Waals surface area contributed by atoms with E-state index in [1.807, 2.05) is 0 Å². The minimum Gasteiger partial charge on any atom is -0.481 e. The van der Waals surface area contributed by atoms with E-state index < -0.39 is 18.1 Å². The van der Waals surface area contributed by atoms with Crippen molar-refractivity contribution >= 4 is 11.9 Å². The van der Waals surface area contributed by atoms with Crippen molar-refractivity contribution in [1.82, 2.24) is 4.90 Å². The number of carboxylic acids is 1. The van der Waals surface area contributed by atoms with Gasteiger partial charge in [-0.1, -0.05) is 6.92 Å². The molecule has 1 rings (SSSR count). The standard InChI is InChI=1S/C8H11NO4/c1-5(8(12)13)4-9-6(10)2-3-7(9)11/h2-3,5-6,10H,4H2,1H3,(H,12,13). The zero-order valence-corrected chi connectivity index (χ0v) is 7.17. The molecule has 13 heavy (non-hydrogen) atoms. The number of aliphatic hydroxyl groups excluding tert-OH is 1. The zero-order chi connectivity index (χ0) is 10.0. The van der Waals surface area contributed by atoms with Gasteiger partial charge >= 0.3 is 5.97 Å². The molecule has 1 amide bonds. The van der Waals surface area contributed by atoms with Gasteiger partial charge in [0.1, 0.15) is 6.23 Å². The van der Waals surface area contributed by atoms with Crippen molar-refractivity contribution in [2.24, 2.45) is 5.92 Å². The predicted molar refractivity (Wildman–Crippen MR) is 43.7 cm³/mol. The molecule has 0 aromatic rings. The molecule has 2 N–H and O–H groups in total. The van der Waals surface area contributed by atoms with Gasteiger partial charge in [-0.3, -0.25) is 9.59 Å². The molecule has 1 aliphatic heterocycles. The number of aliphatic hydroxyl groups is 1. The third kappa shape index (κ3) is 2.06. The number of amides is 1. The van der Waals surface area contributed by atoms with Gasteiger partial charge in [0.25, 0.3) is 0 Å². The Bertz CT molecular complexity index is 261. The van der Waals surface area contributed by atoms with E-state index in [0.717, 1.165) is 4.90 Å². The molecule has 0 aliphatic carbocycles. The maximum absolute atomic E-state index is 11.0. The Hall–Kier alpha value is -1.36. The molecule has 0 radical (unpaired) electrons. The monoisotopic (exact) mass is 185 g/mol. The summed E-state index contributed by atoms with van der Waals surface area (Å²) in [4.78, 5) is 22.6. The third-order valence-corrected chi connectivity index (χ3v) is 1.91. The maximum Gasteiger partial charge on any atom is 0.308 e. The fraction of sp³-hybridized carbons (Fsp3) is 0.500. The average molecular weight is 185 g/mol. The van der Waals surface area contributed by atoms with E-state index in [9.17, 15) is 14.7 Å². The van der Waals surface area contributed by atoms with Crippen LogP contribution in [0.1, 0.15) is 6.92 Å². The molecule has 5 heteroatoms. The van der Waals surface area contributed by atoms with Crippen LogP contribution in [-0.4, -0.2) is 39.8 Å². The topological polar surface area (TPSA) is 77.8 Å². The van der Waals surface area contributed by atoms with Crippen molar-refractivity contribution in [3.05, 3.63) is 12.2 Å². The van der Waals surface area contributed by atoms with Crippen molar-refractivity contribution in [1.29, 1.82) is 0 Å². The van der Waals surface area contributed by atoms with Crippen LogP contribution in [0.5, 0.6) is 0 Å². The lowest BCUT2D eigenvalue weighted by Gasteiger charge is -2.22. The van der Waals surface area contributed by atoms with Gasteiger partial charge < -0.3 is 15.1 Å². The molecule has 72 valence electrons. The van der Waals surface area contributed by atoms with Crippen LogP contribution in [0.15, 0.2) is 12.2 Å². The quantitative estimate of drug-likeness (QED) is 0.616. The van der Waals surface area contributed by atoms with Crippen molar-refractivity contribution in [2.75, 3.05) is 6.54 Å². The zero-order valence-electron chi connectivity index (χ0n) is 7.17. The summed E-state index contributed by atoms with van der Waals surface area (Å²) in [6.45, 7) is 1.52. The molecule has 1 aliphatic rings. The second kappa shape index (κ2) is 3.57. The highest BCUT2D eigenvalue weighted by atomic mass is 16.4. The lowest BCUT2D eigenvalue weighted by Crippen LogP contribution is -2.38. The Labute approximate surface area is 75.3 Å². The molecule has 0 saturated carbocycles. The Morgan fingerprint density at radius 2 is 2.38 bits per heavy atom. The number of carbonyl (C=O) groups excluding carboxylic acids is 1. The summed E-state index contributed by atoms with van der Waals surface area (Å²) in [5.74, 6) is -1.99. The molecule has 2 atom stereocenters. The third-order valence-electron chi connectivity index (χ3n) is 1.91. The van der Waals surface area contributed by atoms with Gasteiger partial charge in [0.15, 0.2) is 0 Å². The van der Waals surface area contributed by atoms with E-state index in [4.69, 9.17) is 5.11 Å². The molecule has 0 fully saturated rings. The van der Waals surface area contributed by atoms with Gasteiger partial charge in [-0.2, -0.15) is 0 Å². The molecule has 5 nitrogen and oxygen atoms in total. The molecule has 0 spiro atoms. The first-order valence-electron chi connectivity index (χ1n) is 3.92. The lowest BCUT2D eigenvalue weighted by molar-refractivity contribution is -0.143. The van der Waals surface area contributed by atoms with Gasteiger partial charge in [-0.25, -0.2) is 0 Å². The Kier molecular flexibility index (Phi) is 2.67. The molecule has 0 aromatic carbocycles. The van der Waals surface area contributed by atoms with Crippen molar-refractivity contribution in [3.8, 4) is 0 Å². The van der Waals surface area contributed by atoms with Gasteiger partial charge in [0.2, 0.25) is 5.91 Å². The van der Waals surface area contributed by atoms with Crippen LogP contribution in [0.4, 0.5) is 0 Å². The van der Waals surface area contributed by atoms with E-state index in [1.165, 1.54) is 19.1 Å². The summed E-state index contributed by atoms with van der Waals surface area (Å²) in [5, 5.41) is 17.8. The first-order valence-corrected chi connectivity index (χ1v) is 3.92. The minimum absolute atomic E-state index is 0.0301. The average Bonchev–Trinajstić information content (AvgIpc) is 2.35. The van der Waals surface area contributed by atoms with Crippen molar-refractivity contribution in [3.63, 3.8) is 0 Å². The van der Waals surface area contributed by atoms with Gasteiger partial charge in [-0.05, 0) is 6.08 Å². The van der Waals surface area contributed by atoms with Crippen molar-refractivity contribution < 1.29 is 19.8 Å². The highest BCUT2D eigenvalue weighted by molar-refractivity contribution is 5.90. The van der Waals surface area contributed by atoms with Crippen LogP contribution < -0.4 is 0 Å². The van der Waals surface area contributed by atoms with Crippen LogP contribution in [-0.2, 0) is 9.59 Å². The second-order valence-corrected chi connectivity index (χ2v) is 3.00. The highest BCUT2D eigenvalue weighted by Gasteiger charge is 2.27. The normalized spacial score (nSPS) is 23.7. The molecule has 2 unspecified atom stereocenters. The summed E-state index contributed by atoms with van der Waals surface area (Å²) >= 11 is 0. The SMILES string of the molecule is CC(CN1C(=O)C=CC1O)C(=O)O. The van der Waals surface area contributed by atoms with Crippen molar-refractivity contribution in [2.45, 2.75) is 13.2 Å². The lowest BCUT2D eigenvalue weighted by atomic mass is 10.2. The first-order chi connectivity index (χ1) is 6.02. The van der Waals surface area contributed by atoms with Crippen LogP contribution in [0.2, 0.25) is 0 Å². The van der Waals surface area contributed by atoms with Gasteiger partial charge in [0, 0.05) is 12.6 Å². The smallest absolute Gasteiger partial charge is 0.308 e. The largest absolute Gasteiger partial charge is 0.481 e. The number of carbonyl (C=O) groups is 2. The number of hydrogen-bond acceptors (Lipinski definition) is 3. The van der Waals surface area contributed by atoms with E-state index in [1.54, 1.807) is 0 Å². The molecular weight excluding hydrogens is 174 g/mol. The van der Waals surface area contributed by atoms with E-state index >= 15 is 0 Å². The minimum atomic E-state index is -0.980. The van der Waals surface area contributed by atoms with E-state index in [0.29, 0.717) is 0 Å². The Morgan fingerprint density at radius 1 is 1.77 bits per heavy atom. The number of rotatable bonds is 3. The summed E-state index contributed by atoms with van der Waals surface area (Å²) in [6.07, 6.45) is 1.59. The molecule has 1 heterocycles. The second-order valence-electron chi connectivity index (χ2n) is 3.00. The summed E-state index contributed by atoms with van der Waals surface area (Å²) < 4.78 is 0. The number of carboxylic acid groups (broad SMARTS) is 1. The van der Waals surface area contributed by atoms with E-state index in [2.05, 4.69) is 0 Å². The molecule has 0 saturated heterocycles. The highest BCUT2D eigenvalue weighted by Crippen LogP contribution is 2.11. The molecule has 0 aromatic heterocycles.